The number of nitrogens with zero attached hydrogens (tertiary/aromatic N) is 3. The zero-order valence-corrected chi connectivity index (χ0v) is 14.3. The monoisotopic (exact) mass is 371 g/mol. The lowest BCUT2D eigenvalue weighted by Gasteiger charge is -2.13. The van der Waals surface area contributed by atoms with Crippen LogP contribution in [0.25, 0.3) is 22.5 Å². The maximum atomic E-state index is 14.6. The summed E-state index contributed by atoms with van der Waals surface area (Å²) in [5.41, 5.74) is 4.09. The Morgan fingerprint density at radius 2 is 1.68 bits per heavy atom. The fourth-order valence-corrected chi connectivity index (χ4v) is 4.04. The summed E-state index contributed by atoms with van der Waals surface area (Å²) in [5.74, 6) is -1.60. The van der Waals surface area contributed by atoms with E-state index in [-0.39, 0.29) is 16.7 Å². The van der Waals surface area contributed by atoms with Gasteiger partial charge in [-0.2, -0.15) is 5.26 Å². The summed E-state index contributed by atoms with van der Waals surface area (Å²) in [6, 6.07) is 11.0. The number of hydrogen-bond donors (Lipinski definition) is 1. The van der Waals surface area contributed by atoms with Crippen LogP contribution in [-0.2, 0) is 0 Å². The zero-order valence-electron chi connectivity index (χ0n) is 14.3. The minimum Gasteiger partial charge on any atom is -0.384 e. The minimum atomic E-state index is -1.28. The highest BCUT2D eigenvalue weighted by Crippen LogP contribution is 2.53. The van der Waals surface area contributed by atoms with E-state index in [9.17, 15) is 19.1 Å². The van der Waals surface area contributed by atoms with Crippen molar-refractivity contribution in [3.63, 3.8) is 0 Å². The van der Waals surface area contributed by atoms with Gasteiger partial charge in [0.1, 0.15) is 17.7 Å². The van der Waals surface area contributed by atoms with E-state index in [4.69, 9.17) is 0 Å². The van der Waals surface area contributed by atoms with Gasteiger partial charge in [0, 0.05) is 57.9 Å². The molecule has 0 radical (unpaired) electrons. The quantitative estimate of drug-likeness (QED) is 0.471. The Morgan fingerprint density at radius 1 is 1.04 bits per heavy atom. The van der Waals surface area contributed by atoms with E-state index in [1.54, 1.807) is 24.5 Å². The van der Waals surface area contributed by atoms with Crippen LogP contribution >= 0.6 is 0 Å². The molecule has 0 aliphatic heterocycles. The normalized spacial score (nSPS) is 18.1. The molecular formula is C22H11F2N3O. The van der Waals surface area contributed by atoms with Crippen LogP contribution in [-0.4, -0.2) is 15.1 Å². The Kier molecular flexibility index (Phi) is 3.48. The summed E-state index contributed by atoms with van der Waals surface area (Å²) in [6.07, 6.45) is 3.19. The summed E-state index contributed by atoms with van der Waals surface area (Å²) in [7, 11) is 0. The van der Waals surface area contributed by atoms with Crippen LogP contribution in [0.3, 0.4) is 0 Å². The zero-order chi connectivity index (χ0) is 19.4. The molecule has 1 unspecified atom stereocenters. The second-order valence-electron chi connectivity index (χ2n) is 6.53. The molecule has 3 aromatic rings. The predicted molar refractivity (Wildman–Crippen MR) is 98.4 cm³/mol. The van der Waals surface area contributed by atoms with E-state index in [1.165, 1.54) is 6.08 Å². The highest BCUT2D eigenvalue weighted by molar-refractivity contribution is 6.07. The highest BCUT2D eigenvalue weighted by atomic mass is 19.1. The van der Waals surface area contributed by atoms with E-state index in [1.807, 2.05) is 18.2 Å². The molecule has 1 aromatic carbocycles. The number of hydrogen-bond acceptors (Lipinski definition) is 4. The maximum absolute atomic E-state index is 14.6. The van der Waals surface area contributed by atoms with E-state index in [0.717, 1.165) is 23.3 Å². The average Bonchev–Trinajstić information content (AvgIpc) is 3.15. The summed E-state index contributed by atoms with van der Waals surface area (Å²) in [6.45, 7) is 0. The Morgan fingerprint density at radius 3 is 2.29 bits per heavy atom. The van der Waals surface area contributed by atoms with Gasteiger partial charge >= 0.3 is 0 Å². The van der Waals surface area contributed by atoms with Crippen LogP contribution in [0, 0.1) is 23.0 Å². The molecule has 1 atom stereocenters. The highest BCUT2D eigenvalue weighted by Gasteiger charge is 2.39. The summed E-state index contributed by atoms with van der Waals surface area (Å²) < 4.78 is 28.4. The molecule has 0 saturated carbocycles. The van der Waals surface area contributed by atoms with Crippen LogP contribution in [0.4, 0.5) is 8.78 Å². The first-order valence-corrected chi connectivity index (χ1v) is 8.54. The topological polar surface area (TPSA) is 69.8 Å². The van der Waals surface area contributed by atoms with Crippen molar-refractivity contribution in [1.29, 1.82) is 5.26 Å². The Bertz CT molecular complexity index is 1220. The first-order valence-electron chi connectivity index (χ1n) is 8.54. The van der Waals surface area contributed by atoms with Crippen molar-refractivity contribution in [1.82, 2.24) is 9.97 Å². The van der Waals surface area contributed by atoms with Crippen molar-refractivity contribution in [3.8, 4) is 17.5 Å². The Balaban J connectivity index is 1.91. The molecule has 0 amide bonds. The first-order chi connectivity index (χ1) is 13.6. The number of halogens is 2. The van der Waals surface area contributed by atoms with Gasteiger partial charge in [0.15, 0.2) is 0 Å². The summed E-state index contributed by atoms with van der Waals surface area (Å²) in [4.78, 5) is 8.80. The van der Waals surface area contributed by atoms with Gasteiger partial charge in [-0.1, -0.05) is 12.1 Å². The number of aromatic nitrogens is 2. The lowest BCUT2D eigenvalue weighted by atomic mass is 9.93. The second kappa shape index (κ2) is 5.91. The number of allylic oxidation sites excluding steroid dienone is 1. The lowest BCUT2D eigenvalue weighted by molar-refractivity contribution is 0.225. The van der Waals surface area contributed by atoms with Crippen molar-refractivity contribution >= 4 is 11.1 Å². The molecule has 0 fully saturated rings. The largest absolute Gasteiger partial charge is 0.384 e. The predicted octanol–water partition coefficient (Wildman–Crippen LogP) is 4.19. The van der Waals surface area contributed by atoms with Crippen molar-refractivity contribution in [2.24, 2.45) is 0 Å². The third kappa shape index (κ3) is 2.11. The number of benzene rings is 1. The van der Waals surface area contributed by atoms with E-state index >= 15 is 0 Å². The molecule has 2 heterocycles. The van der Waals surface area contributed by atoms with Gasteiger partial charge in [-0.25, -0.2) is 8.78 Å². The smallest absolute Gasteiger partial charge is 0.134 e. The fourth-order valence-electron chi connectivity index (χ4n) is 4.04. The summed E-state index contributed by atoms with van der Waals surface area (Å²) >= 11 is 0. The van der Waals surface area contributed by atoms with Crippen LogP contribution in [0.2, 0.25) is 0 Å². The van der Waals surface area contributed by atoms with Gasteiger partial charge in [0.25, 0.3) is 0 Å². The molecule has 0 bridgehead atoms. The third-order valence-electron chi connectivity index (χ3n) is 5.07. The van der Waals surface area contributed by atoms with Gasteiger partial charge in [-0.3, -0.25) is 9.97 Å². The van der Waals surface area contributed by atoms with E-state index in [0.29, 0.717) is 22.5 Å². The van der Waals surface area contributed by atoms with Gasteiger partial charge in [-0.15, -0.1) is 0 Å². The summed E-state index contributed by atoms with van der Waals surface area (Å²) in [5, 5.41) is 20.3. The maximum Gasteiger partial charge on any atom is 0.134 e. The molecule has 5 rings (SSSR count). The molecular weight excluding hydrogens is 360 g/mol. The van der Waals surface area contributed by atoms with E-state index in [2.05, 4.69) is 9.97 Å². The molecule has 0 saturated heterocycles. The van der Waals surface area contributed by atoms with Crippen LogP contribution in [0.15, 0.2) is 60.4 Å². The van der Waals surface area contributed by atoms with Gasteiger partial charge in [-0.05, 0) is 23.8 Å². The number of aliphatic hydroxyl groups excluding tert-OH is 1. The fraction of sp³-hybridized carbons (Fsp3) is 0.0455. The van der Waals surface area contributed by atoms with Gasteiger partial charge in [0.2, 0.25) is 0 Å². The van der Waals surface area contributed by atoms with Crippen molar-refractivity contribution in [2.45, 2.75) is 6.10 Å². The molecule has 2 aromatic heterocycles. The van der Waals surface area contributed by atoms with E-state index < -0.39 is 17.7 Å². The SMILES string of the molecule is N#C/C=C1/C(=C2c3cccnc3-c3ncccc32)C(O)c2cc(F)cc(F)c21. The van der Waals surface area contributed by atoms with Crippen molar-refractivity contribution < 1.29 is 13.9 Å². The molecule has 28 heavy (non-hydrogen) atoms. The van der Waals surface area contributed by atoms with Gasteiger partial charge in [0.05, 0.1) is 17.5 Å². The Hall–Kier alpha value is -3.69. The van der Waals surface area contributed by atoms with Crippen molar-refractivity contribution in [3.05, 3.63) is 94.3 Å². The molecule has 2 aliphatic rings. The molecule has 6 heteroatoms. The first kappa shape index (κ1) is 16.5. The number of fused-ring (bicyclic) bond motifs is 4. The molecule has 4 nitrogen and oxygen atoms in total. The minimum absolute atomic E-state index is 0.0423. The molecule has 0 spiro atoms. The van der Waals surface area contributed by atoms with Gasteiger partial charge < -0.3 is 5.11 Å². The lowest BCUT2D eigenvalue weighted by Crippen LogP contribution is -1.99. The number of pyridine rings is 2. The average molecular weight is 371 g/mol. The molecule has 1 N–H and O–H groups in total. The van der Waals surface area contributed by atoms with Crippen LogP contribution < -0.4 is 0 Å². The van der Waals surface area contributed by atoms with Crippen LogP contribution in [0.1, 0.15) is 28.4 Å². The number of aliphatic hydroxyl groups is 1. The third-order valence-corrected chi connectivity index (χ3v) is 5.07. The van der Waals surface area contributed by atoms with Crippen LogP contribution in [0.5, 0.6) is 0 Å². The second-order valence-corrected chi connectivity index (χ2v) is 6.53. The molecule has 134 valence electrons. The van der Waals surface area contributed by atoms with Crippen molar-refractivity contribution in [2.75, 3.05) is 0 Å². The number of nitriles is 1. The Labute approximate surface area is 158 Å². The number of rotatable bonds is 0. The standard InChI is InChI=1S/C22H11F2N3O/c23-11-9-15-17(16(24)10-11)12(5-6-25)19(22(15)28)18-13-3-1-7-26-20(13)21-14(18)4-2-8-27-21/h1-5,7-10,22,28H/b12-5+. The molecule has 2 aliphatic carbocycles.